The van der Waals surface area contributed by atoms with Gasteiger partial charge in [0.2, 0.25) is 5.91 Å². The van der Waals surface area contributed by atoms with Gasteiger partial charge in [-0.25, -0.2) is 0 Å². The zero-order valence-corrected chi connectivity index (χ0v) is 9.62. The van der Waals surface area contributed by atoms with Crippen LogP contribution in [0.3, 0.4) is 0 Å². The molecule has 3 heteroatoms. The SMILES string of the molecule is CCNC(=O)Cc1ccc(NC2CC2)cc1. The van der Waals surface area contributed by atoms with Crippen molar-refractivity contribution in [3.8, 4) is 0 Å². The second-order valence-corrected chi connectivity index (χ2v) is 4.25. The van der Waals surface area contributed by atoms with E-state index in [0.717, 1.165) is 11.3 Å². The Balaban J connectivity index is 1.87. The van der Waals surface area contributed by atoms with Crippen molar-refractivity contribution in [2.45, 2.75) is 32.2 Å². The number of carbonyl (C=O) groups excluding carboxylic acids is 1. The molecule has 1 fully saturated rings. The lowest BCUT2D eigenvalue weighted by Crippen LogP contribution is -2.24. The first kappa shape index (κ1) is 11.0. The number of likely N-dealkylation sites (N-methyl/N-ethyl adjacent to an activating group) is 1. The lowest BCUT2D eigenvalue weighted by atomic mass is 10.1. The van der Waals surface area contributed by atoms with Gasteiger partial charge in [-0.3, -0.25) is 4.79 Å². The summed E-state index contributed by atoms with van der Waals surface area (Å²) >= 11 is 0. The van der Waals surface area contributed by atoms with Gasteiger partial charge in [0.05, 0.1) is 6.42 Å². The Labute approximate surface area is 96.2 Å². The molecule has 1 amide bonds. The summed E-state index contributed by atoms with van der Waals surface area (Å²) in [6.07, 6.45) is 3.03. The van der Waals surface area contributed by atoms with Crippen molar-refractivity contribution in [2.24, 2.45) is 0 Å². The van der Waals surface area contributed by atoms with Crippen molar-refractivity contribution in [1.82, 2.24) is 5.32 Å². The van der Waals surface area contributed by atoms with Gasteiger partial charge in [-0.2, -0.15) is 0 Å². The first-order valence-corrected chi connectivity index (χ1v) is 5.90. The summed E-state index contributed by atoms with van der Waals surface area (Å²) in [4.78, 5) is 11.4. The van der Waals surface area contributed by atoms with Crippen molar-refractivity contribution in [3.05, 3.63) is 29.8 Å². The maximum absolute atomic E-state index is 11.4. The second-order valence-electron chi connectivity index (χ2n) is 4.25. The maximum atomic E-state index is 11.4. The van der Waals surface area contributed by atoms with Crippen molar-refractivity contribution in [1.29, 1.82) is 0 Å². The van der Waals surface area contributed by atoms with E-state index in [1.165, 1.54) is 12.8 Å². The van der Waals surface area contributed by atoms with E-state index < -0.39 is 0 Å². The molecule has 1 aromatic rings. The maximum Gasteiger partial charge on any atom is 0.224 e. The molecule has 0 unspecified atom stereocenters. The number of rotatable bonds is 5. The van der Waals surface area contributed by atoms with Gasteiger partial charge in [0.15, 0.2) is 0 Å². The topological polar surface area (TPSA) is 41.1 Å². The molecule has 3 nitrogen and oxygen atoms in total. The lowest BCUT2D eigenvalue weighted by molar-refractivity contribution is -0.120. The highest BCUT2D eigenvalue weighted by Crippen LogP contribution is 2.24. The van der Waals surface area contributed by atoms with Gasteiger partial charge in [-0.15, -0.1) is 0 Å². The van der Waals surface area contributed by atoms with Crippen LogP contribution in [0.2, 0.25) is 0 Å². The number of hydrogen-bond acceptors (Lipinski definition) is 2. The number of carbonyl (C=O) groups is 1. The van der Waals surface area contributed by atoms with E-state index in [1.54, 1.807) is 0 Å². The molecule has 0 bridgehead atoms. The van der Waals surface area contributed by atoms with E-state index in [1.807, 2.05) is 31.2 Å². The molecule has 0 heterocycles. The molecule has 0 aromatic heterocycles. The molecule has 1 aliphatic rings. The zero-order chi connectivity index (χ0) is 11.4. The summed E-state index contributed by atoms with van der Waals surface area (Å²) in [7, 11) is 0. The third kappa shape index (κ3) is 3.26. The summed E-state index contributed by atoms with van der Waals surface area (Å²) < 4.78 is 0. The standard InChI is InChI=1S/C13H18N2O/c1-2-14-13(16)9-10-3-5-11(6-4-10)15-12-7-8-12/h3-6,12,15H,2,7-9H2,1H3,(H,14,16). The smallest absolute Gasteiger partial charge is 0.224 e. The summed E-state index contributed by atoms with van der Waals surface area (Å²) in [5.74, 6) is 0.0883. The predicted molar refractivity (Wildman–Crippen MR) is 65.5 cm³/mol. The van der Waals surface area contributed by atoms with E-state index >= 15 is 0 Å². The fraction of sp³-hybridized carbons (Fsp3) is 0.462. The third-order valence-electron chi connectivity index (χ3n) is 2.64. The zero-order valence-electron chi connectivity index (χ0n) is 9.62. The van der Waals surface area contributed by atoms with Crippen molar-refractivity contribution in [3.63, 3.8) is 0 Å². The van der Waals surface area contributed by atoms with E-state index in [2.05, 4.69) is 10.6 Å². The molecular weight excluding hydrogens is 200 g/mol. The Kier molecular flexibility index (Phi) is 3.44. The van der Waals surface area contributed by atoms with Crippen molar-refractivity contribution in [2.75, 3.05) is 11.9 Å². The highest BCUT2D eigenvalue weighted by atomic mass is 16.1. The normalized spacial score (nSPS) is 14.6. The van der Waals surface area contributed by atoms with E-state index in [9.17, 15) is 4.79 Å². The molecule has 0 aliphatic heterocycles. The van der Waals surface area contributed by atoms with Gasteiger partial charge in [0, 0.05) is 18.3 Å². The highest BCUT2D eigenvalue weighted by molar-refractivity contribution is 5.78. The molecular formula is C13H18N2O. The molecule has 0 radical (unpaired) electrons. The number of amides is 1. The Bertz CT molecular complexity index is 355. The summed E-state index contributed by atoms with van der Waals surface area (Å²) in [6.45, 7) is 2.63. The third-order valence-corrected chi connectivity index (χ3v) is 2.64. The van der Waals surface area contributed by atoms with Crippen LogP contribution in [0.15, 0.2) is 24.3 Å². The van der Waals surface area contributed by atoms with E-state index in [4.69, 9.17) is 0 Å². The molecule has 0 atom stereocenters. The lowest BCUT2D eigenvalue weighted by Gasteiger charge is -2.06. The average Bonchev–Trinajstić information content (AvgIpc) is 3.05. The van der Waals surface area contributed by atoms with Crippen LogP contribution in [-0.2, 0) is 11.2 Å². The van der Waals surface area contributed by atoms with Crippen molar-refractivity contribution < 1.29 is 4.79 Å². The Morgan fingerprint density at radius 3 is 2.56 bits per heavy atom. The minimum absolute atomic E-state index is 0.0883. The van der Waals surface area contributed by atoms with Gasteiger partial charge in [0.25, 0.3) is 0 Å². The van der Waals surface area contributed by atoms with Gasteiger partial charge >= 0.3 is 0 Å². The Morgan fingerprint density at radius 1 is 1.31 bits per heavy atom. The van der Waals surface area contributed by atoms with E-state index in [0.29, 0.717) is 19.0 Å². The summed E-state index contributed by atoms with van der Waals surface area (Å²) in [5.41, 5.74) is 2.22. The van der Waals surface area contributed by atoms with Gasteiger partial charge in [0.1, 0.15) is 0 Å². The van der Waals surface area contributed by atoms with Crippen molar-refractivity contribution >= 4 is 11.6 Å². The highest BCUT2D eigenvalue weighted by Gasteiger charge is 2.20. The number of anilines is 1. The first-order chi connectivity index (χ1) is 7.78. The first-order valence-electron chi connectivity index (χ1n) is 5.90. The fourth-order valence-corrected chi connectivity index (χ4v) is 1.63. The molecule has 1 aliphatic carbocycles. The molecule has 16 heavy (non-hydrogen) atoms. The predicted octanol–water partition coefficient (Wildman–Crippen LogP) is 1.94. The molecule has 86 valence electrons. The van der Waals surface area contributed by atoms with Crippen LogP contribution in [0.1, 0.15) is 25.3 Å². The molecule has 0 saturated heterocycles. The number of benzene rings is 1. The molecule has 1 aromatic carbocycles. The van der Waals surface area contributed by atoms with Gasteiger partial charge in [-0.1, -0.05) is 12.1 Å². The summed E-state index contributed by atoms with van der Waals surface area (Å²) in [6, 6.07) is 8.80. The van der Waals surface area contributed by atoms with Crippen LogP contribution >= 0.6 is 0 Å². The monoisotopic (exact) mass is 218 g/mol. The van der Waals surface area contributed by atoms with Crippen LogP contribution in [0.25, 0.3) is 0 Å². The average molecular weight is 218 g/mol. The molecule has 2 rings (SSSR count). The molecule has 0 spiro atoms. The van der Waals surface area contributed by atoms with Crippen LogP contribution in [0.5, 0.6) is 0 Å². The Morgan fingerprint density at radius 2 is 2.00 bits per heavy atom. The van der Waals surface area contributed by atoms with Gasteiger partial charge < -0.3 is 10.6 Å². The fourth-order valence-electron chi connectivity index (χ4n) is 1.63. The number of nitrogens with one attached hydrogen (secondary N) is 2. The van der Waals surface area contributed by atoms with Crippen LogP contribution in [0, 0.1) is 0 Å². The summed E-state index contributed by atoms with van der Waals surface area (Å²) in [5, 5.41) is 6.22. The number of hydrogen-bond donors (Lipinski definition) is 2. The van der Waals surface area contributed by atoms with E-state index in [-0.39, 0.29) is 5.91 Å². The Hall–Kier alpha value is -1.51. The van der Waals surface area contributed by atoms with Gasteiger partial charge in [-0.05, 0) is 37.5 Å². The minimum Gasteiger partial charge on any atom is -0.382 e. The van der Waals surface area contributed by atoms with Crippen LogP contribution in [0.4, 0.5) is 5.69 Å². The van der Waals surface area contributed by atoms with Crippen LogP contribution < -0.4 is 10.6 Å². The molecule has 2 N–H and O–H groups in total. The quantitative estimate of drug-likeness (QED) is 0.793. The minimum atomic E-state index is 0.0883. The largest absolute Gasteiger partial charge is 0.382 e. The van der Waals surface area contributed by atoms with Crippen LogP contribution in [-0.4, -0.2) is 18.5 Å². The second kappa shape index (κ2) is 5.01. The molecule has 1 saturated carbocycles.